The third kappa shape index (κ3) is 8.68. The van der Waals surface area contributed by atoms with Gasteiger partial charge in [-0.25, -0.2) is 12.8 Å². The summed E-state index contributed by atoms with van der Waals surface area (Å²) in [7, 11) is -3.94. The Hall–Kier alpha value is -3.14. The zero-order valence-electron chi connectivity index (χ0n) is 21.6. The van der Waals surface area contributed by atoms with Gasteiger partial charge in [0.2, 0.25) is 21.8 Å². The standard InChI is InChI=1S/C28H30Cl2FN3O4S/c1-3-15-32-28(36)26(16-20-7-5-4-6-8-20)33(18-21-9-11-22(31)12-10-21)27(35)19-34(39(2,37)38)23-13-14-24(29)25(30)17-23/h4-14,17,26H,3,15-16,18-19H2,1-2H3,(H,32,36). The summed E-state index contributed by atoms with van der Waals surface area (Å²) in [6, 6.07) is 18.0. The molecule has 0 aliphatic heterocycles. The van der Waals surface area contributed by atoms with Gasteiger partial charge in [0.25, 0.3) is 0 Å². The second-order valence-corrected chi connectivity index (χ2v) is 11.7. The zero-order chi connectivity index (χ0) is 28.6. The second kappa shape index (κ2) is 13.8. The number of anilines is 1. The number of halogens is 3. The summed E-state index contributed by atoms with van der Waals surface area (Å²) in [5.74, 6) is -1.44. The first-order valence-corrected chi connectivity index (χ1v) is 14.9. The molecule has 0 aliphatic rings. The molecule has 208 valence electrons. The molecule has 0 aromatic heterocycles. The van der Waals surface area contributed by atoms with E-state index in [1.165, 1.54) is 47.4 Å². The van der Waals surface area contributed by atoms with Crippen molar-refractivity contribution in [2.45, 2.75) is 32.4 Å². The molecule has 0 spiro atoms. The Balaban J connectivity index is 2.04. The van der Waals surface area contributed by atoms with Crippen molar-refractivity contribution in [1.29, 1.82) is 0 Å². The van der Waals surface area contributed by atoms with Crippen LogP contribution in [0.25, 0.3) is 0 Å². The lowest BCUT2D eigenvalue weighted by molar-refractivity contribution is -0.140. The summed E-state index contributed by atoms with van der Waals surface area (Å²) < 4.78 is 40.1. The van der Waals surface area contributed by atoms with E-state index in [0.717, 1.165) is 16.1 Å². The number of carbonyl (C=O) groups excluding carboxylic acids is 2. The molecule has 0 radical (unpaired) electrons. The summed E-state index contributed by atoms with van der Waals surface area (Å²) in [4.78, 5) is 28.7. The molecule has 7 nitrogen and oxygen atoms in total. The second-order valence-electron chi connectivity index (χ2n) is 9.01. The number of rotatable bonds is 12. The molecule has 3 aromatic rings. The van der Waals surface area contributed by atoms with Crippen LogP contribution in [0.15, 0.2) is 72.8 Å². The lowest BCUT2D eigenvalue weighted by Gasteiger charge is -2.33. The SMILES string of the molecule is CCCNC(=O)C(Cc1ccccc1)N(Cc1ccc(F)cc1)C(=O)CN(c1ccc(Cl)c(Cl)c1)S(C)(=O)=O. The Morgan fingerprint density at radius 3 is 2.21 bits per heavy atom. The Kier molecular flexibility index (Phi) is 10.7. The molecule has 2 amide bonds. The van der Waals surface area contributed by atoms with Crippen LogP contribution in [-0.2, 0) is 32.6 Å². The maximum atomic E-state index is 13.9. The predicted molar refractivity (Wildman–Crippen MR) is 153 cm³/mol. The van der Waals surface area contributed by atoms with E-state index in [0.29, 0.717) is 18.5 Å². The first kappa shape index (κ1) is 30.4. The molecule has 11 heteroatoms. The summed E-state index contributed by atoms with van der Waals surface area (Å²) in [6.07, 6.45) is 1.85. The summed E-state index contributed by atoms with van der Waals surface area (Å²) >= 11 is 12.1. The lowest BCUT2D eigenvalue weighted by atomic mass is 10.0. The maximum absolute atomic E-state index is 13.9. The number of hydrogen-bond donors (Lipinski definition) is 1. The fourth-order valence-corrected chi connectivity index (χ4v) is 5.09. The van der Waals surface area contributed by atoms with Gasteiger partial charge in [0, 0.05) is 19.5 Å². The highest BCUT2D eigenvalue weighted by molar-refractivity contribution is 7.92. The van der Waals surface area contributed by atoms with Crippen molar-refractivity contribution in [1.82, 2.24) is 10.2 Å². The average Bonchev–Trinajstić information content (AvgIpc) is 2.90. The lowest BCUT2D eigenvalue weighted by Crippen LogP contribution is -2.53. The topological polar surface area (TPSA) is 86.8 Å². The van der Waals surface area contributed by atoms with E-state index in [1.807, 2.05) is 37.3 Å². The fraction of sp³-hybridized carbons (Fsp3) is 0.286. The number of benzene rings is 3. The molecular weight excluding hydrogens is 564 g/mol. The molecule has 0 bridgehead atoms. The van der Waals surface area contributed by atoms with Crippen molar-refractivity contribution in [3.05, 3.63) is 99.8 Å². The Morgan fingerprint density at radius 1 is 0.949 bits per heavy atom. The van der Waals surface area contributed by atoms with Crippen molar-refractivity contribution >= 4 is 50.7 Å². The largest absolute Gasteiger partial charge is 0.354 e. The molecule has 0 saturated heterocycles. The Labute approximate surface area is 238 Å². The van der Waals surface area contributed by atoms with Crippen LogP contribution in [0.5, 0.6) is 0 Å². The number of carbonyl (C=O) groups is 2. The summed E-state index contributed by atoms with van der Waals surface area (Å²) in [5.41, 5.74) is 1.54. The number of nitrogens with one attached hydrogen (secondary N) is 1. The van der Waals surface area contributed by atoms with Crippen molar-refractivity contribution in [3.63, 3.8) is 0 Å². The van der Waals surface area contributed by atoms with E-state index in [9.17, 15) is 22.4 Å². The smallest absolute Gasteiger partial charge is 0.244 e. The van der Waals surface area contributed by atoms with Crippen molar-refractivity contribution in [3.8, 4) is 0 Å². The first-order chi connectivity index (χ1) is 18.5. The molecular formula is C28H30Cl2FN3O4S. The molecule has 0 saturated carbocycles. The molecule has 3 rings (SSSR count). The van der Waals surface area contributed by atoms with Gasteiger partial charge in [0.1, 0.15) is 18.4 Å². The van der Waals surface area contributed by atoms with E-state index in [1.54, 1.807) is 0 Å². The number of sulfonamides is 1. The molecule has 39 heavy (non-hydrogen) atoms. The number of amides is 2. The van der Waals surface area contributed by atoms with E-state index in [2.05, 4.69) is 5.32 Å². The fourth-order valence-electron chi connectivity index (χ4n) is 3.96. The van der Waals surface area contributed by atoms with Crippen LogP contribution in [-0.4, -0.2) is 50.5 Å². The highest BCUT2D eigenvalue weighted by Gasteiger charge is 2.33. The molecule has 0 aliphatic carbocycles. The Morgan fingerprint density at radius 2 is 1.62 bits per heavy atom. The highest BCUT2D eigenvalue weighted by atomic mass is 35.5. The van der Waals surface area contributed by atoms with Gasteiger partial charge in [0.05, 0.1) is 22.0 Å². The van der Waals surface area contributed by atoms with Gasteiger partial charge >= 0.3 is 0 Å². The van der Waals surface area contributed by atoms with Gasteiger partial charge < -0.3 is 10.2 Å². The Bertz CT molecular complexity index is 1390. The van der Waals surface area contributed by atoms with Gasteiger partial charge in [0.15, 0.2) is 0 Å². The average molecular weight is 595 g/mol. The van der Waals surface area contributed by atoms with Gasteiger partial charge in [-0.05, 0) is 47.9 Å². The molecule has 0 fully saturated rings. The molecule has 1 unspecified atom stereocenters. The predicted octanol–water partition coefficient (Wildman–Crippen LogP) is 5.06. The third-order valence-electron chi connectivity index (χ3n) is 5.96. The van der Waals surface area contributed by atoms with Crippen molar-refractivity contribution < 1.29 is 22.4 Å². The third-order valence-corrected chi connectivity index (χ3v) is 7.84. The maximum Gasteiger partial charge on any atom is 0.244 e. The van der Waals surface area contributed by atoms with Crippen LogP contribution >= 0.6 is 23.2 Å². The minimum absolute atomic E-state index is 0.0465. The number of hydrogen-bond acceptors (Lipinski definition) is 4. The van der Waals surface area contributed by atoms with Gasteiger partial charge in [-0.15, -0.1) is 0 Å². The molecule has 0 heterocycles. The molecule has 1 atom stereocenters. The van der Waals surface area contributed by atoms with Gasteiger partial charge in [-0.3, -0.25) is 13.9 Å². The number of nitrogens with zero attached hydrogens (tertiary/aromatic N) is 2. The molecule has 1 N–H and O–H groups in total. The van der Waals surface area contributed by atoms with E-state index >= 15 is 0 Å². The van der Waals surface area contributed by atoms with Crippen LogP contribution in [0.1, 0.15) is 24.5 Å². The summed E-state index contributed by atoms with van der Waals surface area (Å²) in [6.45, 7) is 1.68. The van der Waals surface area contributed by atoms with Crippen molar-refractivity contribution in [2.24, 2.45) is 0 Å². The minimum atomic E-state index is -3.94. The molecule has 3 aromatic carbocycles. The van der Waals surface area contributed by atoms with E-state index in [-0.39, 0.29) is 34.6 Å². The first-order valence-electron chi connectivity index (χ1n) is 12.3. The highest BCUT2D eigenvalue weighted by Crippen LogP contribution is 2.29. The monoisotopic (exact) mass is 593 g/mol. The normalized spacial score (nSPS) is 12.0. The van der Waals surface area contributed by atoms with Gasteiger partial charge in [-0.1, -0.05) is 72.6 Å². The minimum Gasteiger partial charge on any atom is -0.354 e. The van der Waals surface area contributed by atoms with Crippen LogP contribution in [0.2, 0.25) is 10.0 Å². The van der Waals surface area contributed by atoms with Crippen LogP contribution < -0.4 is 9.62 Å². The van der Waals surface area contributed by atoms with E-state index in [4.69, 9.17) is 23.2 Å². The quantitative estimate of drug-likeness (QED) is 0.318. The van der Waals surface area contributed by atoms with Gasteiger partial charge in [-0.2, -0.15) is 0 Å². The zero-order valence-corrected chi connectivity index (χ0v) is 23.9. The summed E-state index contributed by atoms with van der Waals surface area (Å²) in [5, 5.41) is 3.21. The van der Waals surface area contributed by atoms with Crippen molar-refractivity contribution in [2.75, 3.05) is 23.7 Å². The van der Waals surface area contributed by atoms with Crippen LogP contribution in [0.3, 0.4) is 0 Å². The van der Waals surface area contributed by atoms with Crippen LogP contribution in [0, 0.1) is 5.82 Å². The van der Waals surface area contributed by atoms with E-state index < -0.39 is 34.3 Å². The van der Waals surface area contributed by atoms with Crippen LogP contribution in [0.4, 0.5) is 10.1 Å².